The molecule has 3 rings (SSSR count). The van der Waals surface area contributed by atoms with Gasteiger partial charge in [-0.1, -0.05) is 35.9 Å². The minimum absolute atomic E-state index is 0.0446. The number of aliphatic hydroxyl groups is 1. The summed E-state index contributed by atoms with van der Waals surface area (Å²) in [7, 11) is 0. The van der Waals surface area contributed by atoms with Crippen molar-refractivity contribution in [3.05, 3.63) is 75.6 Å². The van der Waals surface area contributed by atoms with Crippen LogP contribution in [0.4, 0.5) is 8.78 Å². The molecular formula is C19H12F2N2OS. The quantitative estimate of drug-likeness (QED) is 0.510. The second-order valence-electron chi connectivity index (χ2n) is 5.34. The summed E-state index contributed by atoms with van der Waals surface area (Å²) < 4.78 is 27.8. The van der Waals surface area contributed by atoms with Gasteiger partial charge in [-0.25, -0.2) is 13.8 Å². The molecule has 124 valence electrons. The normalized spacial score (nSPS) is 11.8. The first-order valence-electron chi connectivity index (χ1n) is 7.32. The molecule has 25 heavy (non-hydrogen) atoms. The lowest BCUT2D eigenvalue weighted by atomic mass is 10.1. The van der Waals surface area contributed by atoms with Crippen molar-refractivity contribution in [2.75, 3.05) is 0 Å². The second-order valence-corrected chi connectivity index (χ2v) is 6.19. The standard InChI is InChI=1S/C19H12F2N2OS/c1-11-5-7-12(8-6-11)18(24)13(9-22)19-23-16(10-25-19)17-14(20)3-2-4-15(17)21/h2-8,10,24H,1H3. The van der Waals surface area contributed by atoms with Gasteiger partial charge in [0.25, 0.3) is 0 Å². The highest BCUT2D eigenvalue weighted by molar-refractivity contribution is 7.11. The van der Waals surface area contributed by atoms with E-state index in [0.29, 0.717) is 5.56 Å². The van der Waals surface area contributed by atoms with Crippen molar-refractivity contribution in [1.29, 1.82) is 5.26 Å². The van der Waals surface area contributed by atoms with E-state index in [1.165, 1.54) is 11.4 Å². The van der Waals surface area contributed by atoms with Crippen LogP contribution in [0.3, 0.4) is 0 Å². The molecule has 3 nitrogen and oxygen atoms in total. The fourth-order valence-corrected chi connectivity index (χ4v) is 3.11. The van der Waals surface area contributed by atoms with Gasteiger partial charge >= 0.3 is 0 Å². The van der Waals surface area contributed by atoms with Gasteiger partial charge < -0.3 is 5.11 Å². The molecule has 0 radical (unpaired) electrons. The number of nitrogens with zero attached hydrogens (tertiary/aromatic N) is 2. The fraction of sp³-hybridized carbons (Fsp3) is 0.0526. The van der Waals surface area contributed by atoms with Gasteiger partial charge in [-0.15, -0.1) is 11.3 Å². The number of hydrogen-bond acceptors (Lipinski definition) is 4. The maximum Gasteiger partial charge on any atom is 0.143 e. The van der Waals surface area contributed by atoms with Crippen LogP contribution in [0.15, 0.2) is 47.8 Å². The van der Waals surface area contributed by atoms with E-state index < -0.39 is 11.6 Å². The number of allylic oxidation sites excluding steroid dienone is 1. The van der Waals surface area contributed by atoms with Crippen molar-refractivity contribution in [1.82, 2.24) is 4.98 Å². The van der Waals surface area contributed by atoms with Crippen LogP contribution in [0.25, 0.3) is 22.6 Å². The molecule has 0 bridgehead atoms. The van der Waals surface area contributed by atoms with E-state index in [9.17, 15) is 19.1 Å². The Morgan fingerprint density at radius 2 is 1.76 bits per heavy atom. The Balaban J connectivity index is 2.07. The number of aryl methyl sites for hydroxylation is 1. The van der Waals surface area contributed by atoms with Crippen LogP contribution in [0, 0.1) is 29.9 Å². The lowest BCUT2D eigenvalue weighted by Crippen LogP contribution is -1.92. The molecule has 0 aliphatic rings. The predicted molar refractivity (Wildman–Crippen MR) is 93.7 cm³/mol. The smallest absolute Gasteiger partial charge is 0.143 e. The zero-order valence-electron chi connectivity index (χ0n) is 13.1. The van der Waals surface area contributed by atoms with E-state index in [-0.39, 0.29) is 27.6 Å². The van der Waals surface area contributed by atoms with Crippen molar-refractivity contribution >= 4 is 22.7 Å². The van der Waals surface area contributed by atoms with E-state index in [4.69, 9.17) is 0 Å². The first-order chi connectivity index (χ1) is 12.0. The molecule has 1 N–H and O–H groups in total. The molecule has 3 aromatic rings. The molecule has 6 heteroatoms. The van der Waals surface area contributed by atoms with Crippen LogP contribution >= 0.6 is 11.3 Å². The molecule has 0 spiro atoms. The molecule has 0 aliphatic carbocycles. The Bertz CT molecular complexity index is 981. The van der Waals surface area contributed by atoms with Gasteiger partial charge in [0, 0.05) is 10.9 Å². The molecule has 0 aliphatic heterocycles. The van der Waals surface area contributed by atoms with Crippen molar-refractivity contribution in [3.8, 4) is 17.3 Å². The summed E-state index contributed by atoms with van der Waals surface area (Å²) in [4.78, 5) is 4.14. The Labute approximate surface area is 147 Å². The Hall–Kier alpha value is -3.04. The van der Waals surface area contributed by atoms with Crippen molar-refractivity contribution in [3.63, 3.8) is 0 Å². The van der Waals surface area contributed by atoms with E-state index in [2.05, 4.69) is 4.98 Å². The van der Waals surface area contributed by atoms with E-state index in [1.54, 1.807) is 12.1 Å². The summed E-state index contributed by atoms with van der Waals surface area (Å²) in [6, 6.07) is 12.5. The van der Waals surface area contributed by atoms with Gasteiger partial charge in [0.15, 0.2) is 0 Å². The van der Waals surface area contributed by atoms with E-state index >= 15 is 0 Å². The third-order valence-corrected chi connectivity index (χ3v) is 4.47. The lowest BCUT2D eigenvalue weighted by molar-refractivity contribution is 0.514. The Kier molecular flexibility index (Phi) is 4.59. The number of halogens is 2. The summed E-state index contributed by atoms with van der Waals surface area (Å²) in [5, 5.41) is 21.4. The number of rotatable bonds is 3. The highest BCUT2D eigenvalue weighted by Crippen LogP contribution is 2.32. The minimum Gasteiger partial charge on any atom is -0.506 e. The van der Waals surface area contributed by atoms with Crippen molar-refractivity contribution < 1.29 is 13.9 Å². The molecule has 0 saturated heterocycles. The van der Waals surface area contributed by atoms with Gasteiger partial charge in [0.05, 0.1) is 11.3 Å². The zero-order valence-corrected chi connectivity index (χ0v) is 13.9. The number of hydrogen-bond donors (Lipinski definition) is 1. The van der Waals surface area contributed by atoms with Gasteiger partial charge in [-0.05, 0) is 19.1 Å². The first kappa shape index (κ1) is 16.8. The third-order valence-electron chi connectivity index (χ3n) is 3.61. The minimum atomic E-state index is -0.734. The lowest BCUT2D eigenvalue weighted by Gasteiger charge is -2.03. The summed E-state index contributed by atoms with van der Waals surface area (Å²) >= 11 is 1.04. The van der Waals surface area contributed by atoms with Gasteiger partial charge in [-0.2, -0.15) is 5.26 Å². The zero-order chi connectivity index (χ0) is 18.0. The molecule has 0 amide bonds. The van der Waals surface area contributed by atoms with Gasteiger partial charge in [0.2, 0.25) is 0 Å². The maximum atomic E-state index is 13.9. The highest BCUT2D eigenvalue weighted by atomic mass is 32.1. The average Bonchev–Trinajstić information content (AvgIpc) is 3.05. The number of nitriles is 1. The Morgan fingerprint density at radius 1 is 1.12 bits per heavy atom. The average molecular weight is 354 g/mol. The molecule has 0 saturated carbocycles. The molecule has 2 aromatic carbocycles. The van der Waals surface area contributed by atoms with Crippen molar-refractivity contribution in [2.45, 2.75) is 6.92 Å². The second kappa shape index (κ2) is 6.83. The molecule has 1 heterocycles. The number of aliphatic hydroxyl groups excluding tert-OH is 1. The van der Waals surface area contributed by atoms with Crippen LogP contribution in [0.1, 0.15) is 16.1 Å². The molecule has 0 fully saturated rings. The predicted octanol–water partition coefficient (Wildman–Crippen LogP) is 5.35. The molecule has 0 atom stereocenters. The topological polar surface area (TPSA) is 56.9 Å². The van der Waals surface area contributed by atoms with Gasteiger partial charge in [-0.3, -0.25) is 0 Å². The maximum absolute atomic E-state index is 13.9. The Morgan fingerprint density at radius 3 is 2.36 bits per heavy atom. The monoisotopic (exact) mass is 354 g/mol. The van der Waals surface area contributed by atoms with Crippen LogP contribution in [0.2, 0.25) is 0 Å². The molecule has 0 unspecified atom stereocenters. The van der Waals surface area contributed by atoms with Crippen LogP contribution in [0.5, 0.6) is 0 Å². The summed E-state index contributed by atoms with van der Waals surface area (Å²) in [5.74, 6) is -1.69. The van der Waals surface area contributed by atoms with E-state index in [0.717, 1.165) is 29.0 Å². The summed E-state index contributed by atoms with van der Waals surface area (Å²) in [5.41, 5.74) is 1.27. The molecular weight excluding hydrogens is 342 g/mol. The summed E-state index contributed by atoms with van der Waals surface area (Å²) in [6.45, 7) is 1.91. The highest BCUT2D eigenvalue weighted by Gasteiger charge is 2.18. The summed E-state index contributed by atoms with van der Waals surface area (Å²) in [6.07, 6.45) is 0. The van der Waals surface area contributed by atoms with Crippen molar-refractivity contribution in [2.24, 2.45) is 0 Å². The first-order valence-corrected chi connectivity index (χ1v) is 8.20. The number of aromatic nitrogens is 1. The van der Waals surface area contributed by atoms with Crippen LogP contribution < -0.4 is 0 Å². The fourth-order valence-electron chi connectivity index (χ4n) is 2.30. The van der Waals surface area contributed by atoms with E-state index in [1.807, 2.05) is 25.1 Å². The SMILES string of the molecule is Cc1ccc(C(O)=C(C#N)c2nc(-c3c(F)cccc3F)cs2)cc1. The largest absolute Gasteiger partial charge is 0.506 e. The van der Waals surface area contributed by atoms with Crippen LogP contribution in [-0.2, 0) is 0 Å². The van der Waals surface area contributed by atoms with Crippen LogP contribution in [-0.4, -0.2) is 10.1 Å². The third kappa shape index (κ3) is 3.28. The number of benzene rings is 2. The number of thiazole rings is 1. The molecule has 1 aromatic heterocycles. The van der Waals surface area contributed by atoms with Gasteiger partial charge in [0.1, 0.15) is 34.0 Å².